The molecule has 1 N–H and O–H groups in total. The van der Waals surface area contributed by atoms with Gasteiger partial charge in [-0.25, -0.2) is 0 Å². The van der Waals surface area contributed by atoms with Gasteiger partial charge < -0.3 is 5.32 Å². The molecule has 0 spiro atoms. The van der Waals surface area contributed by atoms with Crippen LogP contribution in [-0.2, 0) is 13.1 Å². The zero-order chi connectivity index (χ0) is 13.0. The van der Waals surface area contributed by atoms with Gasteiger partial charge in [-0.2, -0.15) is 5.10 Å². The fourth-order valence-corrected chi connectivity index (χ4v) is 2.62. The van der Waals surface area contributed by atoms with Crippen LogP contribution in [0.5, 0.6) is 0 Å². The van der Waals surface area contributed by atoms with Crippen LogP contribution in [0.2, 0.25) is 0 Å². The van der Waals surface area contributed by atoms with Gasteiger partial charge in [0.05, 0.1) is 5.69 Å². The Morgan fingerprint density at radius 3 is 2.83 bits per heavy atom. The molecule has 1 atom stereocenters. The highest BCUT2D eigenvalue weighted by atomic mass is 79.9. The van der Waals surface area contributed by atoms with E-state index in [-0.39, 0.29) is 0 Å². The van der Waals surface area contributed by atoms with Gasteiger partial charge in [-0.15, -0.1) is 0 Å². The Hall–Kier alpha value is -1.13. The predicted octanol–water partition coefficient (Wildman–Crippen LogP) is 3.52. The van der Waals surface area contributed by atoms with Gasteiger partial charge in [-0.05, 0) is 31.5 Å². The normalized spacial score (nSPS) is 12.6. The third-order valence-electron chi connectivity index (χ3n) is 3.07. The largest absolute Gasteiger partial charge is 0.305 e. The maximum absolute atomic E-state index is 4.27. The molecule has 2 rings (SSSR count). The Morgan fingerprint density at radius 2 is 2.11 bits per heavy atom. The molecule has 0 radical (unpaired) electrons. The smallest absolute Gasteiger partial charge is 0.0522 e. The summed E-state index contributed by atoms with van der Waals surface area (Å²) in [5.41, 5.74) is 2.50. The highest BCUT2D eigenvalue weighted by Crippen LogP contribution is 2.22. The molecule has 1 aromatic carbocycles. The van der Waals surface area contributed by atoms with E-state index in [9.17, 15) is 0 Å². The van der Waals surface area contributed by atoms with Gasteiger partial charge in [0.2, 0.25) is 0 Å². The summed E-state index contributed by atoms with van der Waals surface area (Å²) in [6, 6.07) is 10.7. The second-order valence-electron chi connectivity index (χ2n) is 4.26. The second kappa shape index (κ2) is 6.16. The van der Waals surface area contributed by atoms with Crippen LogP contribution in [0, 0.1) is 0 Å². The van der Waals surface area contributed by atoms with E-state index >= 15 is 0 Å². The number of rotatable bonds is 5. The average molecular weight is 308 g/mol. The van der Waals surface area contributed by atoms with E-state index < -0.39 is 0 Å². The van der Waals surface area contributed by atoms with Gasteiger partial charge in [0.15, 0.2) is 0 Å². The summed E-state index contributed by atoms with van der Waals surface area (Å²) in [6.45, 7) is 6.02. The first-order valence-corrected chi connectivity index (χ1v) is 7.00. The Morgan fingerprint density at radius 1 is 1.33 bits per heavy atom. The van der Waals surface area contributed by atoms with Crippen molar-refractivity contribution in [1.82, 2.24) is 15.1 Å². The van der Waals surface area contributed by atoms with Crippen molar-refractivity contribution >= 4 is 15.9 Å². The fourth-order valence-electron chi connectivity index (χ4n) is 1.99. The number of benzene rings is 1. The van der Waals surface area contributed by atoms with E-state index in [1.54, 1.807) is 0 Å². The van der Waals surface area contributed by atoms with E-state index in [4.69, 9.17) is 0 Å². The van der Waals surface area contributed by atoms with Crippen molar-refractivity contribution in [1.29, 1.82) is 0 Å². The van der Waals surface area contributed by atoms with Crippen LogP contribution in [0.1, 0.15) is 31.1 Å². The number of halogens is 1. The van der Waals surface area contributed by atoms with E-state index in [0.717, 1.165) is 17.6 Å². The summed E-state index contributed by atoms with van der Waals surface area (Å²) in [6.07, 6.45) is 1.85. The summed E-state index contributed by atoms with van der Waals surface area (Å²) in [5, 5.41) is 7.80. The Bertz CT molecular complexity index is 507. The van der Waals surface area contributed by atoms with Crippen LogP contribution in [0.3, 0.4) is 0 Å². The standard InChI is InChI=1S/C14H18BrN3/c1-3-18-12(8-9-17-18)10-16-11(2)13-6-4-5-7-14(13)15/h4-9,11,16H,3,10H2,1-2H3/t11-/m0/s1. The second-order valence-corrected chi connectivity index (χ2v) is 5.12. The van der Waals surface area contributed by atoms with Crippen LogP contribution in [0.25, 0.3) is 0 Å². The molecule has 2 aromatic rings. The van der Waals surface area contributed by atoms with Crippen LogP contribution in [-0.4, -0.2) is 9.78 Å². The molecular formula is C14H18BrN3. The molecule has 18 heavy (non-hydrogen) atoms. The molecule has 0 fully saturated rings. The van der Waals surface area contributed by atoms with Gasteiger partial charge in [-0.1, -0.05) is 34.1 Å². The molecule has 0 saturated carbocycles. The first kappa shape index (κ1) is 13.3. The highest BCUT2D eigenvalue weighted by Gasteiger charge is 2.09. The molecule has 1 heterocycles. The van der Waals surface area contributed by atoms with Gasteiger partial charge in [0.25, 0.3) is 0 Å². The summed E-state index contributed by atoms with van der Waals surface area (Å²) in [4.78, 5) is 0. The van der Waals surface area contributed by atoms with E-state index in [1.807, 2.05) is 16.9 Å². The minimum Gasteiger partial charge on any atom is -0.305 e. The van der Waals surface area contributed by atoms with Gasteiger partial charge in [0, 0.05) is 29.8 Å². The minimum absolute atomic E-state index is 0.306. The number of aromatic nitrogens is 2. The van der Waals surface area contributed by atoms with Crippen LogP contribution in [0.4, 0.5) is 0 Å². The zero-order valence-corrected chi connectivity index (χ0v) is 12.3. The molecule has 1 aromatic heterocycles. The van der Waals surface area contributed by atoms with Crippen molar-refractivity contribution in [2.45, 2.75) is 33.0 Å². The molecule has 96 valence electrons. The first-order valence-electron chi connectivity index (χ1n) is 6.21. The Labute approximate surface area is 116 Å². The van der Waals surface area contributed by atoms with Crippen LogP contribution < -0.4 is 5.32 Å². The average Bonchev–Trinajstić information content (AvgIpc) is 2.84. The summed E-state index contributed by atoms with van der Waals surface area (Å²) in [5.74, 6) is 0. The van der Waals surface area contributed by atoms with Crippen LogP contribution >= 0.6 is 15.9 Å². The number of aryl methyl sites for hydroxylation is 1. The molecule has 0 unspecified atom stereocenters. The zero-order valence-electron chi connectivity index (χ0n) is 10.7. The molecular weight excluding hydrogens is 290 g/mol. The number of nitrogens with zero attached hydrogens (tertiary/aromatic N) is 2. The minimum atomic E-state index is 0.306. The molecule has 0 bridgehead atoms. The Balaban J connectivity index is 2.01. The van der Waals surface area contributed by atoms with E-state index in [2.05, 4.69) is 64.5 Å². The van der Waals surface area contributed by atoms with Crippen molar-refractivity contribution < 1.29 is 0 Å². The van der Waals surface area contributed by atoms with Gasteiger partial charge in [0.1, 0.15) is 0 Å². The Kier molecular flexibility index (Phi) is 4.55. The van der Waals surface area contributed by atoms with Crippen molar-refractivity contribution in [3.63, 3.8) is 0 Å². The van der Waals surface area contributed by atoms with Gasteiger partial charge in [-0.3, -0.25) is 4.68 Å². The quantitative estimate of drug-likeness (QED) is 0.916. The lowest BCUT2D eigenvalue weighted by atomic mass is 10.1. The lowest BCUT2D eigenvalue weighted by Crippen LogP contribution is -2.20. The molecule has 0 saturated heterocycles. The molecule has 0 amide bonds. The third kappa shape index (κ3) is 3.00. The fraction of sp³-hybridized carbons (Fsp3) is 0.357. The van der Waals surface area contributed by atoms with E-state index in [1.165, 1.54) is 11.3 Å². The molecule has 0 aliphatic heterocycles. The number of hydrogen-bond donors (Lipinski definition) is 1. The maximum atomic E-state index is 4.27. The van der Waals surface area contributed by atoms with Crippen molar-refractivity contribution in [2.75, 3.05) is 0 Å². The number of nitrogens with one attached hydrogen (secondary N) is 1. The third-order valence-corrected chi connectivity index (χ3v) is 3.79. The topological polar surface area (TPSA) is 29.9 Å². The van der Waals surface area contributed by atoms with Crippen LogP contribution in [0.15, 0.2) is 41.0 Å². The van der Waals surface area contributed by atoms with Crippen molar-refractivity contribution in [3.8, 4) is 0 Å². The summed E-state index contributed by atoms with van der Waals surface area (Å²) >= 11 is 3.59. The predicted molar refractivity (Wildman–Crippen MR) is 77.3 cm³/mol. The summed E-state index contributed by atoms with van der Waals surface area (Å²) in [7, 11) is 0. The molecule has 3 nitrogen and oxygen atoms in total. The van der Waals surface area contributed by atoms with E-state index in [0.29, 0.717) is 6.04 Å². The lowest BCUT2D eigenvalue weighted by molar-refractivity contribution is 0.530. The van der Waals surface area contributed by atoms with Crippen molar-refractivity contribution in [2.24, 2.45) is 0 Å². The molecule has 4 heteroatoms. The van der Waals surface area contributed by atoms with Crippen molar-refractivity contribution in [3.05, 3.63) is 52.3 Å². The maximum Gasteiger partial charge on any atom is 0.0522 e. The molecule has 0 aliphatic rings. The summed E-state index contributed by atoms with van der Waals surface area (Å²) < 4.78 is 3.16. The number of hydrogen-bond acceptors (Lipinski definition) is 2. The molecule has 0 aliphatic carbocycles. The highest BCUT2D eigenvalue weighted by molar-refractivity contribution is 9.10. The first-order chi connectivity index (χ1) is 8.72. The monoisotopic (exact) mass is 307 g/mol. The SMILES string of the molecule is CCn1nccc1CN[C@@H](C)c1ccccc1Br. The van der Waals surface area contributed by atoms with Gasteiger partial charge >= 0.3 is 0 Å². The lowest BCUT2D eigenvalue weighted by Gasteiger charge is -2.16.